The van der Waals surface area contributed by atoms with Gasteiger partial charge in [-0.15, -0.1) is 0 Å². The molecular formula is C16H22N2O2. The molecule has 0 aromatic carbocycles. The van der Waals surface area contributed by atoms with Crippen molar-refractivity contribution in [1.82, 2.24) is 4.98 Å². The number of nitrogens with one attached hydrogen (secondary N) is 1. The molecule has 2 bridgehead atoms. The molecule has 3 rings (SSSR count). The fourth-order valence-electron chi connectivity index (χ4n) is 4.32. The van der Waals surface area contributed by atoms with Crippen molar-refractivity contribution in [3.8, 4) is 0 Å². The summed E-state index contributed by atoms with van der Waals surface area (Å²) in [7, 11) is 0. The van der Waals surface area contributed by atoms with Gasteiger partial charge in [-0.2, -0.15) is 0 Å². The van der Waals surface area contributed by atoms with Crippen LogP contribution in [0.5, 0.6) is 0 Å². The molecule has 0 saturated heterocycles. The summed E-state index contributed by atoms with van der Waals surface area (Å²) in [5, 5.41) is 13.4. The van der Waals surface area contributed by atoms with Crippen molar-refractivity contribution >= 4 is 11.6 Å². The first-order chi connectivity index (χ1) is 9.33. The van der Waals surface area contributed by atoms with Gasteiger partial charge in [-0.1, -0.05) is 20.8 Å². The van der Waals surface area contributed by atoms with Crippen molar-refractivity contribution in [1.29, 1.82) is 0 Å². The minimum absolute atomic E-state index is 0.0361. The molecule has 2 aliphatic rings. The van der Waals surface area contributed by atoms with Crippen LogP contribution in [0.3, 0.4) is 0 Å². The molecule has 1 heterocycles. The van der Waals surface area contributed by atoms with Crippen molar-refractivity contribution in [3.05, 3.63) is 24.5 Å². The molecule has 2 N–H and O–H groups in total. The van der Waals surface area contributed by atoms with E-state index in [0.717, 1.165) is 18.5 Å². The summed E-state index contributed by atoms with van der Waals surface area (Å²) in [5.74, 6) is 0.0361. The van der Waals surface area contributed by atoms with Crippen molar-refractivity contribution in [3.63, 3.8) is 0 Å². The van der Waals surface area contributed by atoms with Crippen LogP contribution in [0.2, 0.25) is 0 Å². The number of fused-ring (bicyclic) bond motifs is 2. The monoisotopic (exact) mass is 274 g/mol. The van der Waals surface area contributed by atoms with Gasteiger partial charge in [0.1, 0.15) is 0 Å². The zero-order valence-corrected chi connectivity index (χ0v) is 12.3. The number of carbonyl (C=O) groups is 1. The lowest BCUT2D eigenvalue weighted by Crippen LogP contribution is -2.43. The van der Waals surface area contributed by atoms with Gasteiger partial charge in [0.25, 0.3) is 0 Å². The van der Waals surface area contributed by atoms with Crippen LogP contribution in [-0.4, -0.2) is 22.1 Å². The summed E-state index contributed by atoms with van der Waals surface area (Å²) in [4.78, 5) is 16.8. The molecule has 0 spiro atoms. The van der Waals surface area contributed by atoms with Gasteiger partial charge >= 0.3 is 0 Å². The number of amides is 1. The lowest BCUT2D eigenvalue weighted by Gasteiger charge is -2.40. The Kier molecular flexibility index (Phi) is 2.74. The molecule has 2 saturated carbocycles. The maximum Gasteiger partial charge on any atom is 0.231 e. The quantitative estimate of drug-likeness (QED) is 0.871. The molecule has 4 nitrogen and oxygen atoms in total. The first kappa shape index (κ1) is 13.6. The average molecular weight is 274 g/mol. The molecule has 0 radical (unpaired) electrons. The highest BCUT2D eigenvalue weighted by atomic mass is 16.3. The zero-order valence-electron chi connectivity index (χ0n) is 12.3. The number of anilines is 1. The van der Waals surface area contributed by atoms with E-state index in [0.29, 0.717) is 6.42 Å². The third-order valence-electron chi connectivity index (χ3n) is 6.35. The van der Waals surface area contributed by atoms with Crippen LogP contribution >= 0.6 is 0 Å². The van der Waals surface area contributed by atoms with E-state index in [1.807, 2.05) is 0 Å². The summed E-state index contributed by atoms with van der Waals surface area (Å²) < 4.78 is 0. The molecule has 108 valence electrons. The molecule has 2 aliphatic carbocycles. The van der Waals surface area contributed by atoms with E-state index in [9.17, 15) is 9.90 Å². The number of hydrogen-bond donors (Lipinski definition) is 2. The summed E-state index contributed by atoms with van der Waals surface area (Å²) in [6.45, 7) is 6.37. The van der Waals surface area contributed by atoms with E-state index in [2.05, 4.69) is 31.1 Å². The number of aliphatic hydroxyl groups is 1. The third kappa shape index (κ3) is 1.46. The minimum Gasteiger partial charge on any atom is -0.393 e. The highest BCUT2D eigenvalue weighted by Gasteiger charge is 2.72. The van der Waals surface area contributed by atoms with Crippen molar-refractivity contribution in [2.75, 3.05) is 5.32 Å². The maximum atomic E-state index is 12.9. The van der Waals surface area contributed by atoms with Crippen molar-refractivity contribution in [2.45, 2.75) is 46.1 Å². The van der Waals surface area contributed by atoms with E-state index in [1.54, 1.807) is 24.5 Å². The van der Waals surface area contributed by atoms with Gasteiger partial charge in [-0.05, 0) is 42.2 Å². The predicted molar refractivity (Wildman–Crippen MR) is 77.0 cm³/mol. The first-order valence-electron chi connectivity index (χ1n) is 7.23. The van der Waals surface area contributed by atoms with Gasteiger partial charge in [0, 0.05) is 18.1 Å². The maximum absolute atomic E-state index is 12.9. The lowest BCUT2D eigenvalue weighted by atomic mass is 9.64. The van der Waals surface area contributed by atoms with Crippen LogP contribution in [0.1, 0.15) is 40.0 Å². The molecule has 1 aromatic heterocycles. The largest absolute Gasteiger partial charge is 0.393 e. The average Bonchev–Trinajstić information content (AvgIpc) is 2.70. The highest BCUT2D eigenvalue weighted by Crippen LogP contribution is 2.72. The molecule has 0 unspecified atom stereocenters. The molecule has 0 aliphatic heterocycles. The summed E-state index contributed by atoms with van der Waals surface area (Å²) >= 11 is 0. The van der Waals surface area contributed by atoms with Gasteiger partial charge in [-0.3, -0.25) is 9.78 Å². The number of hydrogen-bond acceptors (Lipinski definition) is 3. The molecule has 1 aromatic rings. The summed E-state index contributed by atoms with van der Waals surface area (Å²) in [6.07, 6.45) is 5.26. The number of nitrogens with zero attached hydrogens (tertiary/aromatic N) is 1. The second kappa shape index (κ2) is 4.04. The Morgan fingerprint density at radius 3 is 2.45 bits per heavy atom. The number of aliphatic hydroxyl groups excluding tert-OH is 1. The topological polar surface area (TPSA) is 62.2 Å². The number of carbonyl (C=O) groups excluding carboxylic acids is 1. The first-order valence-corrected chi connectivity index (χ1v) is 7.23. The number of rotatable bonds is 2. The van der Waals surface area contributed by atoms with E-state index < -0.39 is 11.5 Å². The molecular weight excluding hydrogens is 252 g/mol. The van der Waals surface area contributed by atoms with Crippen LogP contribution < -0.4 is 5.32 Å². The van der Waals surface area contributed by atoms with E-state index in [4.69, 9.17) is 0 Å². The minimum atomic E-state index is -0.468. The Balaban J connectivity index is 1.92. The fraction of sp³-hybridized carbons (Fsp3) is 0.625. The van der Waals surface area contributed by atoms with Gasteiger partial charge < -0.3 is 10.4 Å². The lowest BCUT2D eigenvalue weighted by molar-refractivity contribution is -0.130. The van der Waals surface area contributed by atoms with E-state index in [1.165, 1.54) is 0 Å². The molecule has 2 fully saturated rings. The Morgan fingerprint density at radius 1 is 1.30 bits per heavy atom. The Hall–Kier alpha value is -1.42. The molecule has 3 atom stereocenters. The SMILES string of the molecule is CC1(C)[C@]2(C(=O)Nc3ccncc3)CC[C@@]1(C)[C@@H](O)C2. The molecule has 20 heavy (non-hydrogen) atoms. The number of aromatic nitrogens is 1. The normalized spacial score (nSPS) is 37.9. The molecule has 4 heteroatoms. The Morgan fingerprint density at radius 2 is 1.95 bits per heavy atom. The zero-order chi connectivity index (χ0) is 14.6. The predicted octanol–water partition coefficient (Wildman–Crippen LogP) is 2.60. The van der Waals surface area contributed by atoms with Gasteiger partial charge in [0.05, 0.1) is 11.5 Å². The third-order valence-corrected chi connectivity index (χ3v) is 6.35. The second-order valence-electron chi connectivity index (χ2n) is 7.03. The van der Waals surface area contributed by atoms with Gasteiger partial charge in [-0.25, -0.2) is 0 Å². The molecule has 1 amide bonds. The van der Waals surface area contributed by atoms with Crippen LogP contribution in [0.25, 0.3) is 0 Å². The van der Waals surface area contributed by atoms with Gasteiger partial charge in [0.15, 0.2) is 0 Å². The van der Waals surface area contributed by atoms with Crippen LogP contribution in [-0.2, 0) is 4.79 Å². The fourth-order valence-corrected chi connectivity index (χ4v) is 4.32. The Bertz CT molecular complexity index is 543. The van der Waals surface area contributed by atoms with E-state index >= 15 is 0 Å². The van der Waals surface area contributed by atoms with E-state index in [-0.39, 0.29) is 16.7 Å². The van der Waals surface area contributed by atoms with Gasteiger partial charge in [0.2, 0.25) is 5.91 Å². The van der Waals surface area contributed by atoms with Crippen LogP contribution in [0.15, 0.2) is 24.5 Å². The van der Waals surface area contributed by atoms with Crippen LogP contribution in [0.4, 0.5) is 5.69 Å². The highest BCUT2D eigenvalue weighted by molar-refractivity contribution is 5.96. The van der Waals surface area contributed by atoms with Crippen molar-refractivity contribution in [2.24, 2.45) is 16.2 Å². The smallest absolute Gasteiger partial charge is 0.231 e. The number of pyridine rings is 1. The summed E-state index contributed by atoms with van der Waals surface area (Å²) in [6, 6.07) is 3.59. The summed E-state index contributed by atoms with van der Waals surface area (Å²) in [5.41, 5.74) is -0.0611. The van der Waals surface area contributed by atoms with Crippen molar-refractivity contribution < 1.29 is 9.90 Å². The Labute approximate surface area is 119 Å². The van der Waals surface area contributed by atoms with Crippen LogP contribution in [0, 0.1) is 16.2 Å². The standard InChI is InChI=1S/C16H22N2O2/c1-14(2)15(3)6-7-16(14,10-12(15)19)13(20)18-11-4-8-17-9-5-11/h4-5,8-9,12,19H,6-7,10H2,1-3H3,(H,17,18,20)/t12-,15-,16+/m0/s1. The second-order valence-corrected chi connectivity index (χ2v) is 7.03.